The fourth-order valence-electron chi connectivity index (χ4n) is 7.38. The molecule has 3 N–H and O–H groups in total. The van der Waals surface area contributed by atoms with Gasteiger partial charge in [0.25, 0.3) is 5.88 Å². The average Bonchev–Trinajstić information content (AvgIpc) is 3.42. The minimum Gasteiger partial charge on any atom is -0.508 e. The van der Waals surface area contributed by atoms with E-state index in [0.29, 0.717) is 41.2 Å². The first kappa shape index (κ1) is 33.0. The maximum Gasteiger partial charge on any atom is 0.265 e. The van der Waals surface area contributed by atoms with E-state index in [1.165, 1.54) is 0 Å². The Morgan fingerprint density at radius 2 is 1.83 bits per heavy atom. The molecule has 0 saturated carbocycles. The molecule has 6 rings (SSSR count). The van der Waals surface area contributed by atoms with Crippen LogP contribution in [-0.4, -0.2) is 61.9 Å². The molecule has 250 valence electrons. The first-order valence-electron chi connectivity index (χ1n) is 16.1. The summed E-state index contributed by atoms with van der Waals surface area (Å²) in [6, 6.07) is 10.8. The Balaban J connectivity index is 1.59. The molecule has 47 heavy (non-hydrogen) atoms. The molecule has 0 fully saturated rings. The molecule has 4 atom stereocenters. The second-order valence-electron chi connectivity index (χ2n) is 14.8. The molecule has 0 spiro atoms. The van der Waals surface area contributed by atoms with Crippen LogP contribution >= 0.6 is 0 Å². The largest absolute Gasteiger partial charge is 0.508 e. The maximum atomic E-state index is 15.3. The first-order chi connectivity index (χ1) is 22.0. The highest BCUT2D eigenvalue weighted by molar-refractivity contribution is 6.74. The van der Waals surface area contributed by atoms with Crippen molar-refractivity contribution in [2.45, 2.75) is 76.9 Å². The second kappa shape index (κ2) is 11.3. The zero-order chi connectivity index (χ0) is 34.2. The number of carbonyl (C=O) groups is 2. The van der Waals surface area contributed by atoms with Crippen molar-refractivity contribution in [3.8, 4) is 11.6 Å². The topological polar surface area (TPSA) is 137 Å². The van der Waals surface area contributed by atoms with E-state index in [4.69, 9.17) is 24.2 Å². The third kappa shape index (κ3) is 4.93. The van der Waals surface area contributed by atoms with E-state index in [2.05, 4.69) is 25.9 Å². The van der Waals surface area contributed by atoms with Crippen LogP contribution in [0.2, 0.25) is 18.1 Å². The van der Waals surface area contributed by atoms with Crippen molar-refractivity contribution in [2.24, 2.45) is 11.8 Å². The number of anilines is 1. The number of hydrogen-bond acceptors (Lipinski definition) is 10. The smallest absolute Gasteiger partial charge is 0.265 e. The molecule has 11 heteroatoms. The predicted molar refractivity (Wildman–Crippen MR) is 180 cm³/mol. The highest BCUT2D eigenvalue weighted by Crippen LogP contribution is 2.60. The molecule has 0 amide bonds. The summed E-state index contributed by atoms with van der Waals surface area (Å²) in [5.74, 6) is -1.28. The van der Waals surface area contributed by atoms with Crippen LogP contribution in [0, 0.1) is 18.8 Å². The molecule has 3 aliphatic carbocycles. The summed E-state index contributed by atoms with van der Waals surface area (Å²) in [5, 5.41) is 16.6. The van der Waals surface area contributed by atoms with Crippen LogP contribution in [-0.2, 0) is 17.5 Å². The monoisotopic (exact) mass is 659 g/mol. The fourth-order valence-corrected chi connectivity index (χ4v) is 8.83. The van der Waals surface area contributed by atoms with Gasteiger partial charge < -0.3 is 29.3 Å². The van der Waals surface area contributed by atoms with E-state index < -0.39 is 37.6 Å². The number of nitrogens with zero attached hydrogens (tertiary/aromatic N) is 2. The molecule has 3 aliphatic rings. The Bertz CT molecular complexity index is 1790. The van der Waals surface area contributed by atoms with E-state index in [1.807, 2.05) is 62.4 Å². The summed E-state index contributed by atoms with van der Waals surface area (Å²) in [7, 11) is 2.56. The SMILES string of the molecule is COc1cc(N)c(C)c2c1C[C@H]1C[C@H]3[C@H](N(C)C)c4onc(OCc5ccccc5)c4C(=O)[C@@]3(O[Si](C)(C)C(C)(C)C)C(O)=C1C2=O. The zero-order valence-corrected chi connectivity index (χ0v) is 29.7. The molecule has 0 radical (unpaired) electrons. The highest BCUT2D eigenvalue weighted by Gasteiger charge is 2.67. The molecule has 0 bridgehead atoms. The molecule has 10 nitrogen and oxygen atoms in total. The Hall–Kier alpha value is -3.93. The van der Waals surface area contributed by atoms with Gasteiger partial charge >= 0.3 is 0 Å². The minimum absolute atomic E-state index is 0.0333. The number of fused-ring (bicyclic) bond motifs is 4. The second-order valence-corrected chi connectivity index (χ2v) is 19.5. The van der Waals surface area contributed by atoms with Crippen LogP contribution in [0.15, 0.2) is 52.3 Å². The van der Waals surface area contributed by atoms with Crippen LogP contribution in [0.5, 0.6) is 11.6 Å². The number of nitrogens with two attached hydrogens (primary N) is 1. The van der Waals surface area contributed by atoms with Gasteiger partial charge in [-0.1, -0.05) is 51.1 Å². The lowest BCUT2D eigenvalue weighted by Crippen LogP contribution is -2.65. The molecule has 1 heterocycles. The van der Waals surface area contributed by atoms with Crippen LogP contribution in [0.3, 0.4) is 0 Å². The number of aliphatic hydroxyl groups is 1. The minimum atomic E-state index is -2.81. The van der Waals surface area contributed by atoms with Gasteiger partial charge in [0.1, 0.15) is 23.7 Å². The third-order valence-corrected chi connectivity index (χ3v) is 15.3. The van der Waals surface area contributed by atoms with Gasteiger partial charge in [0.05, 0.1) is 13.2 Å². The number of Topliss-reactive ketones (excluding diaryl/α,β-unsaturated/α-hetero) is 2. The number of aromatic nitrogens is 1. The third-order valence-electron chi connectivity index (χ3n) is 10.8. The number of allylic oxidation sites excluding steroid dienone is 1. The number of rotatable bonds is 7. The van der Waals surface area contributed by atoms with Crippen molar-refractivity contribution in [2.75, 3.05) is 26.9 Å². The number of aliphatic hydroxyl groups excluding tert-OH is 1. The number of carbonyl (C=O) groups excluding carboxylic acids is 2. The van der Waals surface area contributed by atoms with Crippen LogP contribution < -0.4 is 15.2 Å². The van der Waals surface area contributed by atoms with Crippen molar-refractivity contribution in [3.05, 3.63) is 81.3 Å². The van der Waals surface area contributed by atoms with Crippen LogP contribution in [0.4, 0.5) is 5.69 Å². The molecule has 1 aromatic heterocycles. The number of benzene rings is 2. The quantitative estimate of drug-likeness (QED) is 0.211. The van der Waals surface area contributed by atoms with Gasteiger partial charge in [0.15, 0.2) is 25.5 Å². The summed E-state index contributed by atoms with van der Waals surface area (Å²) >= 11 is 0. The van der Waals surface area contributed by atoms with E-state index in [0.717, 1.165) is 11.1 Å². The van der Waals surface area contributed by atoms with Crippen molar-refractivity contribution in [3.63, 3.8) is 0 Å². The molecule has 2 aromatic carbocycles. The summed E-state index contributed by atoms with van der Waals surface area (Å²) in [5.41, 5.74) is 7.87. The number of ketones is 2. The predicted octanol–water partition coefficient (Wildman–Crippen LogP) is 6.60. The average molecular weight is 660 g/mol. The van der Waals surface area contributed by atoms with Crippen LogP contribution in [0.1, 0.15) is 76.4 Å². The summed E-state index contributed by atoms with van der Waals surface area (Å²) < 4.78 is 25.0. The summed E-state index contributed by atoms with van der Waals surface area (Å²) in [6.45, 7) is 12.3. The molecule has 0 aliphatic heterocycles. The summed E-state index contributed by atoms with van der Waals surface area (Å²) in [4.78, 5) is 31.8. The highest BCUT2D eigenvalue weighted by atomic mass is 28.4. The number of nitrogen functional groups attached to an aromatic ring is 1. The number of hydrogen-bond donors (Lipinski definition) is 2. The molecule has 3 aromatic rings. The van der Waals surface area contributed by atoms with E-state index in [1.54, 1.807) is 20.1 Å². The van der Waals surface area contributed by atoms with Gasteiger partial charge in [-0.15, -0.1) is 0 Å². The van der Waals surface area contributed by atoms with E-state index in [9.17, 15) is 9.90 Å². The van der Waals surface area contributed by atoms with Crippen molar-refractivity contribution < 1.29 is 33.1 Å². The lowest BCUT2D eigenvalue weighted by Gasteiger charge is -2.55. The number of methoxy groups -OCH3 is 1. The Labute approximate surface area is 277 Å². The van der Waals surface area contributed by atoms with Gasteiger partial charge in [0, 0.05) is 34.4 Å². The van der Waals surface area contributed by atoms with Gasteiger partial charge in [-0.2, -0.15) is 0 Å². The normalized spacial score (nSPS) is 24.1. The Morgan fingerprint density at radius 3 is 2.45 bits per heavy atom. The van der Waals surface area contributed by atoms with Gasteiger partial charge in [-0.3, -0.25) is 14.5 Å². The lowest BCUT2D eigenvalue weighted by molar-refractivity contribution is -0.0480. The molecular weight excluding hydrogens is 614 g/mol. The molecule has 0 unspecified atom stereocenters. The maximum absolute atomic E-state index is 15.3. The zero-order valence-electron chi connectivity index (χ0n) is 28.7. The van der Waals surface area contributed by atoms with Gasteiger partial charge in [0.2, 0.25) is 5.78 Å². The number of ether oxygens (including phenoxy) is 2. The van der Waals surface area contributed by atoms with E-state index >= 15 is 4.79 Å². The standard InChI is InChI=1S/C36H45N3O7Si/c1-19-24(37)17-25(43-7)22-15-21-16-23-29(39(5)6)31-28(34(38-45-31)44-18-20-13-11-10-12-14-20)33(42)36(23,46-47(8,9)35(2,3)4)32(41)27(21)30(40)26(19)22/h10-14,17,21,23,29,41H,15-16,18,37H2,1-9H3/t21-,23-,29-,36-/m0/s1. The van der Waals surface area contributed by atoms with Gasteiger partial charge in [-0.25, -0.2) is 0 Å². The van der Waals surface area contributed by atoms with E-state index in [-0.39, 0.29) is 40.2 Å². The first-order valence-corrected chi connectivity index (χ1v) is 19.0. The van der Waals surface area contributed by atoms with Gasteiger partial charge in [-0.05, 0) is 74.2 Å². The molecular formula is C36H45N3O7Si. The molecule has 0 saturated heterocycles. The Morgan fingerprint density at radius 1 is 1.15 bits per heavy atom. The summed E-state index contributed by atoms with van der Waals surface area (Å²) in [6.07, 6.45) is 0.807. The van der Waals surface area contributed by atoms with Crippen LogP contribution in [0.25, 0.3) is 0 Å². The Kier molecular flexibility index (Phi) is 7.96. The van der Waals surface area contributed by atoms with Crippen molar-refractivity contribution in [1.29, 1.82) is 0 Å². The van der Waals surface area contributed by atoms with Crippen molar-refractivity contribution in [1.82, 2.24) is 10.1 Å². The van der Waals surface area contributed by atoms with Crippen molar-refractivity contribution >= 4 is 25.6 Å². The fraction of sp³-hybridized carbons (Fsp3) is 0.472. The lowest BCUT2D eigenvalue weighted by atomic mass is 9.58.